The molecule has 0 aromatic heterocycles. The second-order valence-corrected chi connectivity index (χ2v) is 6.24. The Morgan fingerprint density at radius 3 is 2.38 bits per heavy atom. The molecule has 0 amide bonds. The van der Waals surface area contributed by atoms with Crippen molar-refractivity contribution in [1.82, 2.24) is 0 Å². The van der Waals surface area contributed by atoms with Gasteiger partial charge in [0.25, 0.3) is 5.09 Å². The minimum Gasteiger partial charge on any atom is -0.494 e. The maximum atomic E-state index is 12.1. The number of esters is 3. The minimum absolute atomic E-state index is 0.0271. The normalized spacial score (nSPS) is 10.0. The van der Waals surface area contributed by atoms with E-state index in [0.29, 0.717) is 17.7 Å². The smallest absolute Gasteiger partial charge is 0.344 e. The van der Waals surface area contributed by atoms with E-state index in [4.69, 9.17) is 18.9 Å². The number of carbonyl (C=O) groups is 3. The third-order valence-electron chi connectivity index (χ3n) is 3.80. The highest BCUT2D eigenvalue weighted by Crippen LogP contribution is 2.19. The molecule has 0 radical (unpaired) electrons. The largest absolute Gasteiger partial charge is 0.494 e. The molecule has 0 atom stereocenters. The molecule has 0 bridgehead atoms. The Bertz CT molecular complexity index is 942. The number of carbonyl (C=O) groups excluding carboxylic acids is 3. The number of hydrogen-bond acceptors (Lipinski definition) is 10. The highest BCUT2D eigenvalue weighted by Gasteiger charge is 2.16. The fourth-order valence-electron chi connectivity index (χ4n) is 2.41. The lowest BCUT2D eigenvalue weighted by atomic mass is 10.1. The van der Waals surface area contributed by atoms with E-state index in [1.807, 2.05) is 0 Å². The summed E-state index contributed by atoms with van der Waals surface area (Å²) in [5.74, 6) is -1.43. The van der Waals surface area contributed by atoms with E-state index in [1.54, 1.807) is 36.4 Å². The topological polar surface area (TPSA) is 141 Å². The van der Waals surface area contributed by atoms with Crippen LogP contribution in [0.2, 0.25) is 0 Å². The Morgan fingerprint density at radius 1 is 0.969 bits per heavy atom. The van der Waals surface area contributed by atoms with Crippen LogP contribution >= 0.6 is 0 Å². The van der Waals surface area contributed by atoms with Crippen LogP contribution in [0.15, 0.2) is 48.5 Å². The third-order valence-corrected chi connectivity index (χ3v) is 3.80. The zero-order chi connectivity index (χ0) is 23.3. The van der Waals surface area contributed by atoms with Crippen LogP contribution in [-0.2, 0) is 30.3 Å². The highest BCUT2D eigenvalue weighted by atomic mass is 16.9. The van der Waals surface area contributed by atoms with Crippen LogP contribution in [0.3, 0.4) is 0 Å². The van der Waals surface area contributed by atoms with Crippen molar-refractivity contribution in [3.05, 3.63) is 69.8 Å². The standard InChI is InChI=1S/C21H21NO10/c1-15(23)32-19-6-3-2-5-18(19)21(25)30-14-29-20(24)13-16-7-9-17(10-8-16)28-11-4-12-31-22(26)27/h2-3,5-10H,4,11-14H2,1H3. The zero-order valence-electron chi connectivity index (χ0n) is 17.2. The van der Waals surface area contributed by atoms with E-state index >= 15 is 0 Å². The molecule has 0 aliphatic carbocycles. The van der Waals surface area contributed by atoms with Gasteiger partial charge >= 0.3 is 17.9 Å². The van der Waals surface area contributed by atoms with Crippen LogP contribution in [0.5, 0.6) is 11.5 Å². The van der Waals surface area contributed by atoms with Crippen molar-refractivity contribution in [2.45, 2.75) is 19.8 Å². The monoisotopic (exact) mass is 447 g/mol. The minimum atomic E-state index is -0.864. The van der Waals surface area contributed by atoms with Gasteiger partial charge in [-0.3, -0.25) is 9.59 Å². The molecular weight excluding hydrogens is 426 g/mol. The molecule has 0 saturated heterocycles. The van der Waals surface area contributed by atoms with E-state index in [1.165, 1.54) is 19.1 Å². The first-order chi connectivity index (χ1) is 15.3. The Hall–Kier alpha value is -4.15. The summed E-state index contributed by atoms with van der Waals surface area (Å²) in [6.45, 7) is 0.786. The summed E-state index contributed by atoms with van der Waals surface area (Å²) in [6.07, 6.45) is 0.289. The second kappa shape index (κ2) is 12.5. The fraction of sp³-hybridized carbons (Fsp3) is 0.286. The van der Waals surface area contributed by atoms with Crippen LogP contribution in [0.1, 0.15) is 29.3 Å². The quantitative estimate of drug-likeness (QED) is 0.119. The van der Waals surface area contributed by atoms with E-state index in [0.717, 1.165) is 0 Å². The maximum Gasteiger partial charge on any atom is 0.344 e. The maximum absolute atomic E-state index is 12.1. The highest BCUT2D eigenvalue weighted by molar-refractivity contribution is 5.93. The first kappa shape index (κ1) is 24.1. The van der Waals surface area contributed by atoms with E-state index in [-0.39, 0.29) is 30.9 Å². The van der Waals surface area contributed by atoms with Crippen LogP contribution in [0.25, 0.3) is 0 Å². The molecule has 0 aliphatic heterocycles. The Labute approximate surface area is 182 Å². The first-order valence-corrected chi connectivity index (χ1v) is 9.44. The second-order valence-electron chi connectivity index (χ2n) is 6.24. The number of para-hydroxylation sites is 1. The van der Waals surface area contributed by atoms with Gasteiger partial charge in [0.1, 0.15) is 17.1 Å². The molecule has 11 nitrogen and oxygen atoms in total. The van der Waals surface area contributed by atoms with Crippen molar-refractivity contribution >= 4 is 17.9 Å². The van der Waals surface area contributed by atoms with Gasteiger partial charge in [0.15, 0.2) is 0 Å². The predicted octanol–water partition coefficient (Wildman–Crippen LogP) is 2.49. The van der Waals surface area contributed by atoms with Crippen LogP contribution in [-0.4, -0.2) is 43.0 Å². The molecule has 0 aliphatic rings. The molecule has 0 spiro atoms. The van der Waals surface area contributed by atoms with Gasteiger partial charge in [-0.05, 0) is 29.8 Å². The summed E-state index contributed by atoms with van der Waals surface area (Å²) >= 11 is 0. The molecule has 170 valence electrons. The van der Waals surface area contributed by atoms with Crippen LogP contribution < -0.4 is 9.47 Å². The van der Waals surface area contributed by atoms with Gasteiger partial charge < -0.3 is 23.8 Å². The van der Waals surface area contributed by atoms with Gasteiger partial charge in [-0.25, -0.2) is 4.79 Å². The number of rotatable bonds is 12. The van der Waals surface area contributed by atoms with Gasteiger partial charge in [0.05, 0.1) is 19.6 Å². The average molecular weight is 447 g/mol. The Kier molecular flexibility index (Phi) is 9.44. The summed E-state index contributed by atoms with van der Waals surface area (Å²) in [5, 5.41) is 9.17. The van der Waals surface area contributed by atoms with Crippen molar-refractivity contribution in [1.29, 1.82) is 0 Å². The first-order valence-electron chi connectivity index (χ1n) is 9.44. The summed E-state index contributed by atoms with van der Waals surface area (Å²) < 4.78 is 20.2. The van der Waals surface area contributed by atoms with Gasteiger partial charge in [0.2, 0.25) is 6.79 Å². The Balaban J connectivity index is 1.72. The molecule has 32 heavy (non-hydrogen) atoms. The van der Waals surface area contributed by atoms with Crippen molar-refractivity contribution < 1.29 is 43.3 Å². The number of ether oxygens (including phenoxy) is 4. The van der Waals surface area contributed by atoms with Gasteiger partial charge in [-0.1, -0.05) is 24.3 Å². The summed E-state index contributed by atoms with van der Waals surface area (Å²) in [4.78, 5) is 49.4. The lowest BCUT2D eigenvalue weighted by Gasteiger charge is -2.10. The van der Waals surface area contributed by atoms with E-state index in [2.05, 4.69) is 4.84 Å². The molecule has 0 unspecified atom stereocenters. The summed E-state index contributed by atoms with van der Waals surface area (Å²) in [5.41, 5.74) is 0.671. The number of hydrogen-bond donors (Lipinski definition) is 0. The number of nitrogens with zero attached hydrogens (tertiary/aromatic N) is 1. The number of benzene rings is 2. The molecule has 0 N–H and O–H groups in total. The molecule has 0 fully saturated rings. The van der Waals surface area contributed by atoms with Crippen molar-refractivity contribution in [3.63, 3.8) is 0 Å². The molecule has 11 heteroatoms. The third kappa shape index (κ3) is 8.69. The van der Waals surface area contributed by atoms with Gasteiger partial charge in [-0.2, -0.15) is 0 Å². The molecular formula is C21H21NO10. The summed E-state index contributed by atoms with van der Waals surface area (Å²) in [7, 11) is 0. The van der Waals surface area contributed by atoms with Crippen LogP contribution in [0, 0.1) is 10.1 Å². The molecule has 2 aromatic rings. The van der Waals surface area contributed by atoms with E-state index < -0.39 is 29.8 Å². The van der Waals surface area contributed by atoms with Crippen molar-refractivity contribution in [2.75, 3.05) is 20.0 Å². The average Bonchev–Trinajstić information content (AvgIpc) is 2.74. The van der Waals surface area contributed by atoms with Crippen molar-refractivity contribution in [2.24, 2.45) is 0 Å². The van der Waals surface area contributed by atoms with Gasteiger partial charge in [0, 0.05) is 13.3 Å². The van der Waals surface area contributed by atoms with E-state index in [9.17, 15) is 24.5 Å². The predicted molar refractivity (Wildman–Crippen MR) is 107 cm³/mol. The lowest BCUT2D eigenvalue weighted by Crippen LogP contribution is -2.15. The Morgan fingerprint density at radius 2 is 1.69 bits per heavy atom. The van der Waals surface area contributed by atoms with Gasteiger partial charge in [-0.15, -0.1) is 10.1 Å². The zero-order valence-corrected chi connectivity index (χ0v) is 17.2. The van der Waals surface area contributed by atoms with Crippen LogP contribution in [0.4, 0.5) is 0 Å². The lowest BCUT2D eigenvalue weighted by molar-refractivity contribution is -0.757. The molecule has 0 saturated carbocycles. The summed E-state index contributed by atoms with van der Waals surface area (Å²) in [6, 6.07) is 12.6. The molecule has 0 heterocycles. The fourth-order valence-corrected chi connectivity index (χ4v) is 2.41. The molecule has 2 aromatic carbocycles. The van der Waals surface area contributed by atoms with Crippen molar-refractivity contribution in [3.8, 4) is 11.5 Å². The molecule has 2 rings (SSSR count). The SMILES string of the molecule is CC(=O)Oc1ccccc1C(=O)OCOC(=O)Cc1ccc(OCCCO[N+](=O)[O-])cc1.